The summed E-state index contributed by atoms with van der Waals surface area (Å²) in [5, 5.41) is 1.38. The second kappa shape index (κ2) is 9.50. The van der Waals surface area contributed by atoms with Crippen LogP contribution in [0.4, 0.5) is 10.1 Å². The monoisotopic (exact) mass is 525 g/mol. The van der Waals surface area contributed by atoms with Crippen molar-refractivity contribution in [2.75, 3.05) is 11.4 Å². The van der Waals surface area contributed by atoms with Crippen LogP contribution in [0.2, 0.25) is 5.02 Å². The van der Waals surface area contributed by atoms with E-state index in [1.807, 2.05) is 24.3 Å². The van der Waals surface area contributed by atoms with Crippen LogP contribution in [0.25, 0.3) is 10.9 Å². The van der Waals surface area contributed by atoms with Gasteiger partial charge in [0.2, 0.25) is 15.9 Å². The lowest BCUT2D eigenvalue weighted by molar-refractivity contribution is -0.122. The molecule has 1 saturated heterocycles. The molecule has 0 saturated carbocycles. The number of halogens is 2. The first-order valence-electron chi connectivity index (χ1n) is 11.2. The minimum Gasteiger partial charge on any atom is -0.361 e. The Bertz CT molecular complexity index is 1550. The average Bonchev–Trinajstić information content (AvgIpc) is 3.40. The first kappa shape index (κ1) is 24.2. The van der Waals surface area contributed by atoms with E-state index in [0.717, 1.165) is 49.9 Å². The number of rotatable bonds is 7. The molecule has 1 N–H and O–H groups in total. The van der Waals surface area contributed by atoms with Crippen molar-refractivity contribution in [1.82, 2.24) is 9.29 Å². The van der Waals surface area contributed by atoms with Gasteiger partial charge < -0.3 is 4.98 Å². The molecule has 1 fully saturated rings. The fraction of sp³-hybridized carbons (Fsp3) is 0.154. The number of amides is 2. The van der Waals surface area contributed by atoms with E-state index in [-0.39, 0.29) is 17.9 Å². The van der Waals surface area contributed by atoms with Crippen LogP contribution in [-0.2, 0) is 26.0 Å². The van der Waals surface area contributed by atoms with Crippen molar-refractivity contribution in [3.63, 3.8) is 0 Å². The van der Waals surface area contributed by atoms with Gasteiger partial charge in [0.25, 0.3) is 5.91 Å². The Morgan fingerprint density at radius 2 is 1.69 bits per heavy atom. The van der Waals surface area contributed by atoms with Gasteiger partial charge in [0.05, 0.1) is 17.0 Å². The highest BCUT2D eigenvalue weighted by Gasteiger charge is 2.46. The number of fused-ring (bicyclic) bond motifs is 1. The summed E-state index contributed by atoms with van der Waals surface area (Å²) < 4.78 is 41.9. The van der Waals surface area contributed by atoms with Crippen molar-refractivity contribution in [2.24, 2.45) is 0 Å². The summed E-state index contributed by atoms with van der Waals surface area (Å²) in [6.45, 7) is -0.0559. The second-order valence-electron chi connectivity index (χ2n) is 8.44. The number of para-hydroxylation sites is 1. The molecule has 3 aromatic carbocycles. The fourth-order valence-electron chi connectivity index (χ4n) is 4.46. The van der Waals surface area contributed by atoms with Crippen LogP contribution < -0.4 is 4.90 Å². The Labute approximate surface area is 212 Å². The van der Waals surface area contributed by atoms with Gasteiger partial charge in [0.1, 0.15) is 11.9 Å². The molecule has 36 heavy (non-hydrogen) atoms. The minimum atomic E-state index is -4.24. The Morgan fingerprint density at radius 3 is 2.42 bits per heavy atom. The lowest BCUT2D eigenvalue weighted by Crippen LogP contribution is -2.46. The zero-order chi connectivity index (χ0) is 25.4. The quantitative estimate of drug-likeness (QED) is 0.359. The minimum absolute atomic E-state index is 0.0559. The Kier molecular flexibility index (Phi) is 6.38. The summed E-state index contributed by atoms with van der Waals surface area (Å²) >= 11 is 5.94. The van der Waals surface area contributed by atoms with Crippen molar-refractivity contribution in [1.29, 1.82) is 0 Å². The standard InChI is InChI=1S/C26H21ClFN3O4S/c27-18-5-9-20(10-6-18)31-25(32)15-24(26(31)33)30(36(34,35)21-11-7-19(28)8-12-21)14-13-17-16-29-23-4-2-1-3-22(17)23/h1-12,16,24,29H,13-15H2. The number of sulfonamides is 1. The number of carbonyl (C=O) groups is 2. The number of nitrogens with zero attached hydrogens (tertiary/aromatic N) is 2. The molecular formula is C26H21ClFN3O4S. The maximum absolute atomic E-state index is 13.7. The van der Waals surface area contributed by atoms with Gasteiger partial charge in [-0.15, -0.1) is 0 Å². The molecule has 1 aliphatic rings. The van der Waals surface area contributed by atoms with Crippen LogP contribution in [0.15, 0.2) is 83.9 Å². The van der Waals surface area contributed by atoms with Crippen LogP contribution in [0.5, 0.6) is 0 Å². The summed E-state index contributed by atoms with van der Waals surface area (Å²) in [6.07, 6.45) is 1.79. The number of hydrogen-bond acceptors (Lipinski definition) is 4. The number of carbonyl (C=O) groups excluding carboxylic acids is 2. The third-order valence-electron chi connectivity index (χ3n) is 6.25. The molecule has 2 amide bonds. The molecule has 10 heteroatoms. The SMILES string of the molecule is O=C1CC(N(CCc2c[nH]c3ccccc23)S(=O)(=O)c2ccc(F)cc2)C(=O)N1c1ccc(Cl)cc1. The maximum atomic E-state index is 13.7. The Balaban J connectivity index is 1.51. The third-order valence-corrected chi connectivity index (χ3v) is 8.43. The molecule has 0 aliphatic carbocycles. The summed E-state index contributed by atoms with van der Waals surface area (Å²) in [5.74, 6) is -1.74. The highest BCUT2D eigenvalue weighted by atomic mass is 35.5. The van der Waals surface area contributed by atoms with Crippen LogP contribution in [0, 0.1) is 5.82 Å². The van der Waals surface area contributed by atoms with Gasteiger partial charge in [-0.1, -0.05) is 29.8 Å². The number of benzene rings is 3. The summed E-state index contributed by atoms with van der Waals surface area (Å²) in [4.78, 5) is 30.3. The molecular weight excluding hydrogens is 505 g/mol. The van der Waals surface area contributed by atoms with E-state index in [1.54, 1.807) is 18.3 Å². The molecule has 0 spiro atoms. The molecule has 4 aromatic rings. The molecule has 1 aliphatic heterocycles. The summed E-state index contributed by atoms with van der Waals surface area (Å²) in [6, 6.07) is 16.9. The van der Waals surface area contributed by atoms with E-state index >= 15 is 0 Å². The number of anilines is 1. The van der Waals surface area contributed by atoms with E-state index in [9.17, 15) is 22.4 Å². The maximum Gasteiger partial charge on any atom is 0.252 e. The van der Waals surface area contributed by atoms with Gasteiger partial charge in [0.15, 0.2) is 0 Å². The number of imide groups is 1. The number of H-pyrrole nitrogens is 1. The van der Waals surface area contributed by atoms with Crippen LogP contribution in [0.1, 0.15) is 12.0 Å². The van der Waals surface area contributed by atoms with Gasteiger partial charge in [-0.25, -0.2) is 17.7 Å². The third kappa shape index (κ3) is 4.41. The van der Waals surface area contributed by atoms with Gasteiger partial charge in [-0.05, 0) is 66.6 Å². The zero-order valence-electron chi connectivity index (χ0n) is 18.9. The molecule has 1 atom stereocenters. The van der Waals surface area contributed by atoms with Gasteiger partial charge >= 0.3 is 0 Å². The lowest BCUT2D eigenvalue weighted by atomic mass is 10.1. The molecule has 5 rings (SSSR count). The molecule has 1 aromatic heterocycles. The second-order valence-corrected chi connectivity index (χ2v) is 10.8. The number of aromatic amines is 1. The number of nitrogens with one attached hydrogen (secondary N) is 1. The smallest absolute Gasteiger partial charge is 0.252 e. The highest BCUT2D eigenvalue weighted by Crippen LogP contribution is 2.31. The summed E-state index contributed by atoms with van der Waals surface area (Å²) in [7, 11) is -4.24. The molecule has 0 bridgehead atoms. The zero-order valence-corrected chi connectivity index (χ0v) is 20.5. The predicted molar refractivity (Wildman–Crippen MR) is 135 cm³/mol. The first-order chi connectivity index (χ1) is 17.3. The average molecular weight is 526 g/mol. The fourth-order valence-corrected chi connectivity index (χ4v) is 6.17. The van der Waals surface area contributed by atoms with Gasteiger partial charge in [-0.2, -0.15) is 4.31 Å². The normalized spacial score (nSPS) is 16.4. The molecule has 1 unspecified atom stereocenters. The van der Waals surface area contributed by atoms with Crippen molar-refractivity contribution in [2.45, 2.75) is 23.8 Å². The summed E-state index contributed by atoms with van der Waals surface area (Å²) in [5.41, 5.74) is 2.09. The van der Waals surface area contributed by atoms with Crippen molar-refractivity contribution < 1.29 is 22.4 Å². The van der Waals surface area contributed by atoms with E-state index < -0.39 is 33.7 Å². The first-order valence-corrected chi connectivity index (χ1v) is 13.0. The van der Waals surface area contributed by atoms with Crippen LogP contribution in [0.3, 0.4) is 0 Å². The molecule has 0 radical (unpaired) electrons. The van der Waals surface area contributed by atoms with Crippen molar-refractivity contribution in [3.8, 4) is 0 Å². The predicted octanol–water partition coefficient (Wildman–Crippen LogP) is 4.53. The van der Waals surface area contributed by atoms with Crippen molar-refractivity contribution >= 4 is 50.0 Å². The van der Waals surface area contributed by atoms with E-state index in [2.05, 4.69) is 4.98 Å². The Morgan fingerprint density at radius 1 is 1.00 bits per heavy atom. The van der Waals surface area contributed by atoms with Gasteiger partial charge in [-0.3, -0.25) is 9.59 Å². The van der Waals surface area contributed by atoms with E-state index in [1.165, 1.54) is 12.1 Å². The van der Waals surface area contributed by atoms with Crippen LogP contribution >= 0.6 is 11.6 Å². The van der Waals surface area contributed by atoms with Gasteiger partial charge in [0, 0.05) is 28.7 Å². The highest BCUT2D eigenvalue weighted by molar-refractivity contribution is 7.89. The number of aromatic nitrogens is 1. The largest absolute Gasteiger partial charge is 0.361 e. The van der Waals surface area contributed by atoms with E-state index in [0.29, 0.717) is 17.1 Å². The van der Waals surface area contributed by atoms with Crippen molar-refractivity contribution in [3.05, 3.63) is 95.4 Å². The Hall–Kier alpha value is -3.53. The lowest BCUT2D eigenvalue weighted by Gasteiger charge is -2.27. The molecule has 184 valence electrons. The van der Waals surface area contributed by atoms with Crippen LogP contribution in [-0.4, -0.2) is 42.1 Å². The number of hydrogen-bond donors (Lipinski definition) is 1. The van der Waals surface area contributed by atoms with E-state index in [4.69, 9.17) is 11.6 Å². The molecule has 2 heterocycles. The topological polar surface area (TPSA) is 90.5 Å². The molecule has 7 nitrogen and oxygen atoms in total.